The topological polar surface area (TPSA) is 62.1 Å². The molecular formula is C16H21N3O. The van der Waals surface area contributed by atoms with Crippen molar-refractivity contribution >= 4 is 16.8 Å². The molecule has 1 saturated heterocycles. The number of aromatic nitrogens is 1. The SMILES string of the molecule is CC1CCN(C(=O)[C@@H](N)Cc2c[nH]c3ccccc23)C1. The Kier molecular flexibility index (Phi) is 3.49. The summed E-state index contributed by atoms with van der Waals surface area (Å²) in [4.78, 5) is 17.5. The van der Waals surface area contributed by atoms with Gasteiger partial charge < -0.3 is 15.6 Å². The van der Waals surface area contributed by atoms with Crippen molar-refractivity contribution in [3.63, 3.8) is 0 Å². The Morgan fingerprint density at radius 2 is 2.30 bits per heavy atom. The molecule has 0 bridgehead atoms. The molecule has 0 spiro atoms. The molecule has 3 rings (SSSR count). The maximum atomic E-state index is 12.3. The predicted octanol–water partition coefficient (Wildman–Crippen LogP) is 1.91. The number of amides is 1. The first-order valence-corrected chi connectivity index (χ1v) is 7.24. The lowest BCUT2D eigenvalue weighted by Gasteiger charge is -2.20. The molecule has 20 heavy (non-hydrogen) atoms. The molecular weight excluding hydrogens is 250 g/mol. The number of hydrogen-bond acceptors (Lipinski definition) is 2. The van der Waals surface area contributed by atoms with Crippen molar-refractivity contribution in [3.8, 4) is 0 Å². The molecule has 3 N–H and O–H groups in total. The summed E-state index contributed by atoms with van der Waals surface area (Å²) in [6.45, 7) is 3.88. The number of aromatic amines is 1. The van der Waals surface area contributed by atoms with Crippen LogP contribution in [0.4, 0.5) is 0 Å². The van der Waals surface area contributed by atoms with E-state index in [0.29, 0.717) is 12.3 Å². The van der Waals surface area contributed by atoms with Crippen molar-refractivity contribution < 1.29 is 4.79 Å². The molecule has 0 saturated carbocycles. The summed E-state index contributed by atoms with van der Waals surface area (Å²) in [7, 11) is 0. The van der Waals surface area contributed by atoms with Gasteiger partial charge >= 0.3 is 0 Å². The predicted molar refractivity (Wildman–Crippen MR) is 80.3 cm³/mol. The van der Waals surface area contributed by atoms with Crippen molar-refractivity contribution in [1.29, 1.82) is 0 Å². The van der Waals surface area contributed by atoms with Crippen LogP contribution in [0.1, 0.15) is 18.9 Å². The van der Waals surface area contributed by atoms with E-state index in [1.807, 2.05) is 29.3 Å². The van der Waals surface area contributed by atoms with E-state index in [-0.39, 0.29) is 5.91 Å². The first-order chi connectivity index (χ1) is 9.65. The second-order valence-electron chi connectivity index (χ2n) is 5.85. The zero-order valence-corrected chi connectivity index (χ0v) is 11.8. The lowest BCUT2D eigenvalue weighted by atomic mass is 10.0. The molecule has 1 unspecified atom stereocenters. The van der Waals surface area contributed by atoms with Crippen LogP contribution in [0.5, 0.6) is 0 Å². The van der Waals surface area contributed by atoms with Gasteiger partial charge in [0.15, 0.2) is 0 Å². The van der Waals surface area contributed by atoms with Crippen LogP contribution < -0.4 is 5.73 Å². The first-order valence-electron chi connectivity index (χ1n) is 7.24. The van der Waals surface area contributed by atoms with Crippen molar-refractivity contribution in [2.75, 3.05) is 13.1 Å². The molecule has 1 fully saturated rings. The van der Waals surface area contributed by atoms with Crippen LogP contribution in [0, 0.1) is 5.92 Å². The lowest BCUT2D eigenvalue weighted by Crippen LogP contribution is -2.43. The number of nitrogens with two attached hydrogens (primary N) is 1. The van der Waals surface area contributed by atoms with Gasteiger partial charge in [-0.15, -0.1) is 0 Å². The molecule has 2 aromatic rings. The highest BCUT2D eigenvalue weighted by Crippen LogP contribution is 2.20. The van der Waals surface area contributed by atoms with Crippen LogP contribution in [0.2, 0.25) is 0 Å². The minimum absolute atomic E-state index is 0.0830. The van der Waals surface area contributed by atoms with E-state index in [9.17, 15) is 4.79 Å². The minimum Gasteiger partial charge on any atom is -0.361 e. The second-order valence-corrected chi connectivity index (χ2v) is 5.85. The zero-order chi connectivity index (χ0) is 14.1. The fourth-order valence-corrected chi connectivity index (χ4v) is 2.99. The van der Waals surface area contributed by atoms with E-state index < -0.39 is 6.04 Å². The van der Waals surface area contributed by atoms with E-state index in [2.05, 4.69) is 18.0 Å². The summed E-state index contributed by atoms with van der Waals surface area (Å²) in [5, 5.41) is 1.16. The van der Waals surface area contributed by atoms with Crippen molar-refractivity contribution in [3.05, 3.63) is 36.0 Å². The van der Waals surface area contributed by atoms with Gasteiger partial charge in [-0.05, 0) is 30.4 Å². The maximum Gasteiger partial charge on any atom is 0.239 e. The molecule has 1 aliphatic heterocycles. The number of fused-ring (bicyclic) bond motifs is 1. The quantitative estimate of drug-likeness (QED) is 0.895. The van der Waals surface area contributed by atoms with E-state index in [4.69, 9.17) is 5.73 Å². The van der Waals surface area contributed by atoms with Gasteiger partial charge in [0.05, 0.1) is 6.04 Å². The van der Waals surface area contributed by atoms with Crippen LogP contribution in [0.25, 0.3) is 10.9 Å². The third kappa shape index (κ3) is 2.43. The summed E-state index contributed by atoms with van der Waals surface area (Å²) in [5.41, 5.74) is 8.33. The number of carbonyl (C=O) groups excluding carboxylic acids is 1. The molecule has 2 atom stereocenters. The third-order valence-electron chi connectivity index (χ3n) is 4.17. The third-order valence-corrected chi connectivity index (χ3v) is 4.17. The standard InChI is InChI=1S/C16H21N3O/c1-11-6-7-19(10-11)16(20)14(17)8-12-9-18-15-5-3-2-4-13(12)15/h2-5,9,11,14,18H,6-8,10,17H2,1H3/t11?,14-/m0/s1. The Bertz CT molecular complexity index is 619. The number of para-hydroxylation sites is 1. The van der Waals surface area contributed by atoms with Crippen LogP contribution in [0.15, 0.2) is 30.5 Å². The Hall–Kier alpha value is -1.81. The minimum atomic E-state index is -0.445. The highest BCUT2D eigenvalue weighted by atomic mass is 16.2. The molecule has 0 radical (unpaired) electrons. The van der Waals surface area contributed by atoms with Gasteiger partial charge in [-0.25, -0.2) is 0 Å². The number of H-pyrrole nitrogens is 1. The van der Waals surface area contributed by atoms with E-state index in [1.165, 1.54) is 0 Å². The van der Waals surface area contributed by atoms with Crippen molar-refractivity contribution in [2.24, 2.45) is 11.7 Å². The highest BCUT2D eigenvalue weighted by Gasteiger charge is 2.27. The highest BCUT2D eigenvalue weighted by molar-refractivity contribution is 5.86. The van der Waals surface area contributed by atoms with Gasteiger partial charge in [0, 0.05) is 30.2 Å². The number of benzene rings is 1. The van der Waals surface area contributed by atoms with Crippen LogP contribution >= 0.6 is 0 Å². The molecule has 1 aromatic heterocycles. The van der Waals surface area contributed by atoms with Crippen LogP contribution in [0.3, 0.4) is 0 Å². The molecule has 106 valence electrons. The number of carbonyl (C=O) groups is 1. The maximum absolute atomic E-state index is 12.3. The van der Waals surface area contributed by atoms with Gasteiger partial charge in [0.1, 0.15) is 0 Å². The normalized spacial score (nSPS) is 20.5. The molecule has 4 heteroatoms. The first kappa shape index (κ1) is 13.2. The molecule has 1 aliphatic rings. The summed E-state index contributed by atoms with van der Waals surface area (Å²) in [5.74, 6) is 0.680. The Morgan fingerprint density at radius 1 is 1.50 bits per heavy atom. The number of likely N-dealkylation sites (tertiary alicyclic amines) is 1. The molecule has 4 nitrogen and oxygen atoms in total. The monoisotopic (exact) mass is 271 g/mol. The molecule has 0 aliphatic carbocycles. The summed E-state index contributed by atoms with van der Waals surface area (Å²) >= 11 is 0. The van der Waals surface area contributed by atoms with Gasteiger partial charge in [-0.3, -0.25) is 4.79 Å². The van der Waals surface area contributed by atoms with Crippen molar-refractivity contribution in [1.82, 2.24) is 9.88 Å². The van der Waals surface area contributed by atoms with Gasteiger partial charge in [-0.2, -0.15) is 0 Å². The number of nitrogens with one attached hydrogen (secondary N) is 1. The Balaban J connectivity index is 1.72. The van der Waals surface area contributed by atoms with E-state index in [1.54, 1.807) is 0 Å². The fraction of sp³-hybridized carbons (Fsp3) is 0.438. The van der Waals surface area contributed by atoms with Crippen molar-refractivity contribution in [2.45, 2.75) is 25.8 Å². The molecule has 2 heterocycles. The second kappa shape index (κ2) is 5.29. The smallest absolute Gasteiger partial charge is 0.239 e. The molecule has 1 amide bonds. The van der Waals surface area contributed by atoms with Gasteiger partial charge in [0.2, 0.25) is 5.91 Å². The largest absolute Gasteiger partial charge is 0.361 e. The average molecular weight is 271 g/mol. The van der Waals surface area contributed by atoms with Crippen LogP contribution in [-0.4, -0.2) is 34.9 Å². The summed E-state index contributed by atoms with van der Waals surface area (Å²) in [6.07, 6.45) is 3.64. The zero-order valence-electron chi connectivity index (χ0n) is 11.8. The Labute approximate surface area is 118 Å². The fourth-order valence-electron chi connectivity index (χ4n) is 2.99. The van der Waals surface area contributed by atoms with Gasteiger partial charge in [-0.1, -0.05) is 25.1 Å². The number of hydrogen-bond donors (Lipinski definition) is 2. The number of nitrogens with zero attached hydrogens (tertiary/aromatic N) is 1. The molecule has 1 aromatic carbocycles. The van der Waals surface area contributed by atoms with E-state index in [0.717, 1.165) is 36.0 Å². The number of rotatable bonds is 3. The lowest BCUT2D eigenvalue weighted by molar-refractivity contribution is -0.131. The van der Waals surface area contributed by atoms with Crippen LogP contribution in [-0.2, 0) is 11.2 Å². The van der Waals surface area contributed by atoms with E-state index >= 15 is 0 Å². The summed E-state index contributed by atoms with van der Waals surface area (Å²) < 4.78 is 0. The Morgan fingerprint density at radius 3 is 3.05 bits per heavy atom. The summed E-state index contributed by atoms with van der Waals surface area (Å²) in [6, 6.07) is 7.67. The average Bonchev–Trinajstić information content (AvgIpc) is 3.05. The van der Waals surface area contributed by atoms with Gasteiger partial charge in [0.25, 0.3) is 0 Å².